The lowest BCUT2D eigenvalue weighted by Crippen LogP contribution is -2.13. The van der Waals surface area contributed by atoms with Gasteiger partial charge in [0.1, 0.15) is 0 Å². The number of rotatable bonds is 3. The van der Waals surface area contributed by atoms with E-state index in [1.165, 1.54) is 0 Å². The Kier molecular flexibility index (Phi) is 2.73. The van der Waals surface area contributed by atoms with Crippen LogP contribution in [0.2, 0.25) is 0 Å². The van der Waals surface area contributed by atoms with E-state index in [4.69, 9.17) is 11.6 Å². The van der Waals surface area contributed by atoms with Crippen LogP contribution in [0.15, 0.2) is 24.3 Å². The van der Waals surface area contributed by atoms with Gasteiger partial charge < -0.3 is 5.32 Å². The molecular formula is C11H12ClNO. The van der Waals surface area contributed by atoms with Gasteiger partial charge >= 0.3 is 0 Å². The van der Waals surface area contributed by atoms with E-state index >= 15 is 0 Å². The number of carbonyl (C=O) groups is 1. The first-order chi connectivity index (χ1) is 6.79. The number of hydrogen-bond donors (Lipinski definition) is 1. The maximum atomic E-state index is 11.4. The SMILES string of the molecule is O=C(Nc1cccc(CCl)c1)C1CC1. The molecule has 0 heterocycles. The molecule has 2 rings (SSSR count). The number of carbonyl (C=O) groups excluding carboxylic acids is 1. The van der Waals surface area contributed by atoms with Crippen molar-refractivity contribution in [1.29, 1.82) is 0 Å². The number of hydrogen-bond acceptors (Lipinski definition) is 1. The van der Waals surface area contributed by atoms with Crippen LogP contribution >= 0.6 is 11.6 Å². The predicted octanol–water partition coefficient (Wildman–Crippen LogP) is 2.77. The van der Waals surface area contributed by atoms with Crippen molar-refractivity contribution >= 4 is 23.2 Å². The zero-order valence-electron chi connectivity index (χ0n) is 7.79. The van der Waals surface area contributed by atoms with E-state index in [-0.39, 0.29) is 11.8 Å². The van der Waals surface area contributed by atoms with E-state index in [0.29, 0.717) is 5.88 Å². The average Bonchev–Trinajstić information content (AvgIpc) is 3.01. The smallest absolute Gasteiger partial charge is 0.227 e. The van der Waals surface area contributed by atoms with Gasteiger partial charge in [-0.2, -0.15) is 0 Å². The molecule has 0 aliphatic heterocycles. The minimum atomic E-state index is 0.136. The van der Waals surface area contributed by atoms with Crippen molar-refractivity contribution in [1.82, 2.24) is 0 Å². The van der Waals surface area contributed by atoms with Crippen molar-refractivity contribution in [3.63, 3.8) is 0 Å². The molecule has 14 heavy (non-hydrogen) atoms. The first-order valence-corrected chi connectivity index (χ1v) is 5.29. The Balaban J connectivity index is 2.04. The first-order valence-electron chi connectivity index (χ1n) is 4.75. The zero-order valence-corrected chi connectivity index (χ0v) is 8.55. The maximum Gasteiger partial charge on any atom is 0.227 e. The van der Waals surface area contributed by atoms with Crippen molar-refractivity contribution < 1.29 is 4.79 Å². The molecule has 2 nitrogen and oxygen atoms in total. The van der Waals surface area contributed by atoms with Gasteiger partial charge in [-0.3, -0.25) is 4.79 Å². The molecule has 1 amide bonds. The van der Waals surface area contributed by atoms with Crippen LogP contribution in [0.1, 0.15) is 18.4 Å². The summed E-state index contributed by atoms with van der Waals surface area (Å²) < 4.78 is 0. The molecule has 1 aliphatic carbocycles. The van der Waals surface area contributed by atoms with Gasteiger partial charge in [0.2, 0.25) is 5.91 Å². The summed E-state index contributed by atoms with van der Waals surface area (Å²) in [5, 5.41) is 2.88. The summed E-state index contributed by atoms with van der Waals surface area (Å²) in [5.74, 6) is 0.860. The number of halogens is 1. The average molecular weight is 210 g/mol. The second-order valence-electron chi connectivity index (χ2n) is 3.60. The minimum Gasteiger partial charge on any atom is -0.326 e. The normalized spacial score (nSPS) is 15.2. The van der Waals surface area contributed by atoms with Crippen molar-refractivity contribution in [3.8, 4) is 0 Å². The molecule has 1 saturated carbocycles. The van der Waals surface area contributed by atoms with Crippen LogP contribution in [-0.2, 0) is 10.7 Å². The largest absolute Gasteiger partial charge is 0.326 e. The van der Waals surface area contributed by atoms with Crippen LogP contribution < -0.4 is 5.32 Å². The van der Waals surface area contributed by atoms with E-state index in [9.17, 15) is 4.79 Å². The lowest BCUT2D eigenvalue weighted by molar-refractivity contribution is -0.117. The predicted molar refractivity (Wildman–Crippen MR) is 57.4 cm³/mol. The summed E-state index contributed by atoms with van der Waals surface area (Å²) in [6, 6.07) is 7.64. The van der Waals surface area contributed by atoms with Crippen molar-refractivity contribution in [3.05, 3.63) is 29.8 Å². The molecule has 0 saturated heterocycles. The van der Waals surface area contributed by atoms with E-state index in [1.807, 2.05) is 24.3 Å². The van der Waals surface area contributed by atoms with Crippen molar-refractivity contribution in [2.24, 2.45) is 5.92 Å². The molecule has 0 aromatic heterocycles. The second-order valence-corrected chi connectivity index (χ2v) is 3.86. The molecule has 0 radical (unpaired) electrons. The van der Waals surface area contributed by atoms with Crippen LogP contribution in [0.4, 0.5) is 5.69 Å². The van der Waals surface area contributed by atoms with Crippen LogP contribution in [0.3, 0.4) is 0 Å². The van der Waals surface area contributed by atoms with Gasteiger partial charge in [0, 0.05) is 17.5 Å². The van der Waals surface area contributed by atoms with Crippen LogP contribution in [0, 0.1) is 5.92 Å². The molecule has 0 spiro atoms. The molecular weight excluding hydrogens is 198 g/mol. The van der Waals surface area contributed by atoms with E-state index in [2.05, 4.69) is 5.32 Å². The number of benzene rings is 1. The van der Waals surface area contributed by atoms with Gasteiger partial charge in [0.15, 0.2) is 0 Å². The van der Waals surface area contributed by atoms with E-state index < -0.39 is 0 Å². The molecule has 0 unspecified atom stereocenters. The lowest BCUT2D eigenvalue weighted by atomic mass is 10.2. The van der Waals surface area contributed by atoms with Gasteiger partial charge in [-0.05, 0) is 30.5 Å². The summed E-state index contributed by atoms with van der Waals surface area (Å²) in [6.45, 7) is 0. The Morgan fingerprint density at radius 3 is 2.93 bits per heavy atom. The fraction of sp³-hybridized carbons (Fsp3) is 0.364. The number of alkyl halides is 1. The molecule has 1 aromatic carbocycles. The van der Waals surface area contributed by atoms with Gasteiger partial charge in [0.05, 0.1) is 0 Å². The molecule has 1 fully saturated rings. The highest BCUT2D eigenvalue weighted by atomic mass is 35.5. The summed E-state index contributed by atoms with van der Waals surface area (Å²) in [5.41, 5.74) is 1.88. The fourth-order valence-corrected chi connectivity index (χ4v) is 1.49. The summed E-state index contributed by atoms with van der Waals surface area (Å²) in [6.07, 6.45) is 2.06. The lowest BCUT2D eigenvalue weighted by Gasteiger charge is -2.04. The van der Waals surface area contributed by atoms with Crippen LogP contribution in [0.5, 0.6) is 0 Å². The summed E-state index contributed by atoms with van der Waals surface area (Å²) >= 11 is 5.70. The molecule has 1 N–H and O–H groups in total. The Bertz CT molecular complexity index is 347. The van der Waals surface area contributed by atoms with Gasteiger partial charge in [-0.15, -0.1) is 11.6 Å². The third-order valence-electron chi connectivity index (χ3n) is 2.30. The van der Waals surface area contributed by atoms with Crippen LogP contribution in [0.25, 0.3) is 0 Å². The monoisotopic (exact) mass is 209 g/mol. The fourth-order valence-electron chi connectivity index (χ4n) is 1.32. The first kappa shape index (κ1) is 9.53. The molecule has 1 aliphatic rings. The van der Waals surface area contributed by atoms with Gasteiger partial charge in [0.25, 0.3) is 0 Å². The third kappa shape index (κ3) is 2.26. The molecule has 0 atom stereocenters. The Labute approximate surface area is 88.3 Å². The number of nitrogens with one attached hydrogen (secondary N) is 1. The molecule has 74 valence electrons. The zero-order chi connectivity index (χ0) is 9.97. The molecule has 0 bridgehead atoms. The van der Waals surface area contributed by atoms with E-state index in [0.717, 1.165) is 24.1 Å². The topological polar surface area (TPSA) is 29.1 Å². The van der Waals surface area contributed by atoms with Gasteiger partial charge in [-0.25, -0.2) is 0 Å². The summed E-state index contributed by atoms with van der Waals surface area (Å²) in [4.78, 5) is 11.4. The highest BCUT2D eigenvalue weighted by molar-refractivity contribution is 6.17. The Morgan fingerprint density at radius 1 is 1.50 bits per heavy atom. The second kappa shape index (κ2) is 4.01. The highest BCUT2D eigenvalue weighted by Crippen LogP contribution is 2.30. The van der Waals surface area contributed by atoms with Crippen LogP contribution in [-0.4, -0.2) is 5.91 Å². The molecule has 1 aromatic rings. The number of amides is 1. The van der Waals surface area contributed by atoms with Crippen molar-refractivity contribution in [2.45, 2.75) is 18.7 Å². The Morgan fingerprint density at radius 2 is 2.29 bits per heavy atom. The minimum absolute atomic E-state index is 0.136. The van der Waals surface area contributed by atoms with Crippen molar-refractivity contribution in [2.75, 3.05) is 5.32 Å². The summed E-state index contributed by atoms with van der Waals surface area (Å²) in [7, 11) is 0. The Hall–Kier alpha value is -1.02. The maximum absolute atomic E-state index is 11.4. The molecule has 3 heteroatoms. The quantitative estimate of drug-likeness (QED) is 0.763. The standard InChI is InChI=1S/C11H12ClNO/c12-7-8-2-1-3-10(6-8)13-11(14)9-4-5-9/h1-3,6,9H,4-5,7H2,(H,13,14). The third-order valence-corrected chi connectivity index (χ3v) is 2.61. The van der Waals surface area contributed by atoms with Gasteiger partial charge in [-0.1, -0.05) is 12.1 Å². The highest BCUT2D eigenvalue weighted by Gasteiger charge is 2.29. The number of anilines is 1. The van der Waals surface area contributed by atoms with E-state index in [1.54, 1.807) is 0 Å².